The Kier molecular flexibility index (Phi) is 5.90. The Labute approximate surface area is 306 Å². The summed E-state index contributed by atoms with van der Waals surface area (Å²) in [6.07, 6.45) is 0. The summed E-state index contributed by atoms with van der Waals surface area (Å²) in [6.45, 7) is 0. The van der Waals surface area contributed by atoms with Crippen molar-refractivity contribution in [3.05, 3.63) is 164 Å². The lowest BCUT2D eigenvalue weighted by Crippen LogP contribution is -2.09. The first-order valence-electron chi connectivity index (χ1n) is 17.7. The molecule has 12 rings (SSSR count). The summed E-state index contributed by atoms with van der Waals surface area (Å²) in [5.41, 5.74) is 10.6. The van der Waals surface area contributed by atoms with Crippen molar-refractivity contribution in [3.63, 3.8) is 0 Å². The summed E-state index contributed by atoms with van der Waals surface area (Å²) in [6, 6.07) is 57.6. The summed E-state index contributed by atoms with van der Waals surface area (Å²) in [5, 5.41) is 9.30. The van der Waals surface area contributed by atoms with Gasteiger partial charge < -0.3 is 18.2 Å². The molecular formula is C48H27NO3S. The molecule has 4 heterocycles. The van der Waals surface area contributed by atoms with Gasteiger partial charge in [0.1, 0.15) is 33.5 Å². The Hall–Kier alpha value is -6.82. The van der Waals surface area contributed by atoms with E-state index in [2.05, 4.69) is 144 Å². The lowest BCUT2D eigenvalue weighted by molar-refractivity contribution is 0.668. The van der Waals surface area contributed by atoms with E-state index >= 15 is 0 Å². The maximum atomic E-state index is 6.49. The Morgan fingerprint density at radius 2 is 0.887 bits per heavy atom. The van der Waals surface area contributed by atoms with Gasteiger partial charge in [-0.2, -0.15) is 0 Å². The second-order valence-corrected chi connectivity index (χ2v) is 14.7. The second-order valence-electron chi connectivity index (χ2n) is 13.6. The molecule has 5 heteroatoms. The largest absolute Gasteiger partial charge is 0.456 e. The highest BCUT2D eigenvalue weighted by molar-refractivity contribution is 7.26. The fourth-order valence-electron chi connectivity index (χ4n) is 8.27. The van der Waals surface area contributed by atoms with Crippen molar-refractivity contribution in [1.29, 1.82) is 0 Å². The van der Waals surface area contributed by atoms with Crippen LogP contribution in [0.15, 0.2) is 177 Å². The molecule has 0 aliphatic rings. The fourth-order valence-corrected chi connectivity index (χ4v) is 9.52. The highest BCUT2D eigenvalue weighted by atomic mass is 32.1. The minimum atomic E-state index is 0.848. The van der Waals surface area contributed by atoms with Crippen molar-refractivity contribution in [1.82, 2.24) is 0 Å². The molecule has 12 aromatic rings. The van der Waals surface area contributed by atoms with E-state index in [9.17, 15) is 0 Å². The van der Waals surface area contributed by atoms with E-state index in [1.54, 1.807) is 0 Å². The van der Waals surface area contributed by atoms with E-state index in [0.717, 1.165) is 88.6 Å². The van der Waals surface area contributed by atoms with Crippen LogP contribution in [0.2, 0.25) is 0 Å². The molecule has 53 heavy (non-hydrogen) atoms. The van der Waals surface area contributed by atoms with Crippen LogP contribution in [-0.4, -0.2) is 0 Å². The molecule has 0 radical (unpaired) electrons. The van der Waals surface area contributed by atoms with Gasteiger partial charge in [-0.1, -0.05) is 78.9 Å². The Bertz CT molecular complexity index is 3300. The van der Waals surface area contributed by atoms with Gasteiger partial charge in [0.05, 0.1) is 0 Å². The molecular weight excluding hydrogens is 671 g/mol. The molecule has 0 spiro atoms. The number of benzene rings is 8. The van der Waals surface area contributed by atoms with Crippen molar-refractivity contribution in [3.8, 4) is 11.1 Å². The highest BCUT2D eigenvalue weighted by Crippen LogP contribution is 2.46. The predicted molar refractivity (Wildman–Crippen MR) is 221 cm³/mol. The number of rotatable bonds is 4. The van der Waals surface area contributed by atoms with Crippen LogP contribution >= 0.6 is 11.3 Å². The number of para-hydroxylation sites is 2. The summed E-state index contributed by atoms with van der Waals surface area (Å²) in [5.74, 6) is 0. The van der Waals surface area contributed by atoms with Crippen molar-refractivity contribution in [2.45, 2.75) is 0 Å². The zero-order valence-electron chi connectivity index (χ0n) is 28.2. The maximum absolute atomic E-state index is 6.49. The maximum Gasteiger partial charge on any atom is 0.137 e. The predicted octanol–water partition coefficient (Wildman–Crippen LogP) is 14.9. The molecule has 0 saturated heterocycles. The van der Waals surface area contributed by atoms with Crippen LogP contribution in [0, 0.1) is 0 Å². The molecule has 0 amide bonds. The first-order chi connectivity index (χ1) is 26.2. The first-order valence-corrected chi connectivity index (χ1v) is 18.6. The zero-order valence-corrected chi connectivity index (χ0v) is 29.0. The van der Waals surface area contributed by atoms with Crippen LogP contribution in [0.4, 0.5) is 17.1 Å². The van der Waals surface area contributed by atoms with Crippen LogP contribution in [-0.2, 0) is 0 Å². The molecule has 0 saturated carbocycles. The summed E-state index contributed by atoms with van der Waals surface area (Å²) in [7, 11) is 0. The second kappa shape index (κ2) is 10.8. The van der Waals surface area contributed by atoms with Gasteiger partial charge in [0.2, 0.25) is 0 Å². The Morgan fingerprint density at radius 1 is 0.358 bits per heavy atom. The van der Waals surface area contributed by atoms with Crippen molar-refractivity contribution >= 4 is 114 Å². The topological polar surface area (TPSA) is 42.7 Å². The van der Waals surface area contributed by atoms with Crippen molar-refractivity contribution < 1.29 is 13.3 Å². The molecule has 0 atom stereocenters. The Morgan fingerprint density at radius 3 is 1.58 bits per heavy atom. The van der Waals surface area contributed by atoms with E-state index in [1.807, 2.05) is 35.6 Å². The van der Waals surface area contributed by atoms with E-state index in [1.165, 1.54) is 25.6 Å². The SMILES string of the molecule is c1ccc2c(c1)oc1cc(N(c3ccc(-c4cccc5oc6ccc7c8ccccc8sc7c6c45)cc3)c3ccc4c(c3)oc3ccccc34)ccc12. The van der Waals surface area contributed by atoms with Crippen LogP contribution < -0.4 is 4.90 Å². The normalized spacial score (nSPS) is 12.2. The van der Waals surface area contributed by atoms with Crippen LogP contribution in [0.3, 0.4) is 0 Å². The monoisotopic (exact) mass is 697 g/mol. The molecule has 248 valence electrons. The molecule has 0 aliphatic carbocycles. The fraction of sp³-hybridized carbons (Fsp3) is 0. The van der Waals surface area contributed by atoms with Gasteiger partial charge in [-0.05, 0) is 83.9 Å². The van der Waals surface area contributed by atoms with Gasteiger partial charge in [-0.15, -0.1) is 11.3 Å². The lowest BCUT2D eigenvalue weighted by atomic mass is 9.98. The smallest absolute Gasteiger partial charge is 0.137 e. The van der Waals surface area contributed by atoms with Crippen molar-refractivity contribution in [2.75, 3.05) is 4.90 Å². The summed E-state index contributed by atoms with van der Waals surface area (Å²) < 4.78 is 21.8. The van der Waals surface area contributed by atoms with E-state index in [0.29, 0.717) is 0 Å². The highest BCUT2D eigenvalue weighted by Gasteiger charge is 2.20. The molecule has 0 unspecified atom stereocenters. The number of furan rings is 3. The van der Waals surface area contributed by atoms with Crippen LogP contribution in [0.25, 0.3) is 97.1 Å². The minimum absolute atomic E-state index is 0.848. The Balaban J connectivity index is 1.04. The molecule has 4 aromatic heterocycles. The standard InChI is InChI=1S/C48H27NO3S/c1-4-12-39-33(8-1)35-22-20-30(26-43(35)50-39)49(31-21-23-36-34-9-2-5-13-40(34)51-44(36)27-31)29-18-16-28(17-19-29)32-11-7-14-41-46(32)47-42(52-41)25-24-38-37-10-3-6-15-45(37)53-48(38)47/h1-27H. The molecule has 0 fully saturated rings. The molecule has 8 aromatic carbocycles. The van der Waals surface area contributed by atoms with E-state index < -0.39 is 0 Å². The van der Waals surface area contributed by atoms with Gasteiger partial charge >= 0.3 is 0 Å². The average Bonchev–Trinajstić information content (AvgIpc) is 3.97. The summed E-state index contributed by atoms with van der Waals surface area (Å²) >= 11 is 1.84. The number of nitrogens with zero attached hydrogens (tertiary/aromatic N) is 1. The molecule has 0 aliphatic heterocycles. The van der Waals surface area contributed by atoms with Gasteiger partial charge in [0, 0.05) is 81.7 Å². The van der Waals surface area contributed by atoms with Gasteiger partial charge in [-0.3, -0.25) is 0 Å². The average molecular weight is 698 g/mol. The van der Waals surface area contributed by atoms with Crippen LogP contribution in [0.5, 0.6) is 0 Å². The van der Waals surface area contributed by atoms with Gasteiger partial charge in [0.15, 0.2) is 0 Å². The number of fused-ring (bicyclic) bond motifs is 13. The zero-order chi connectivity index (χ0) is 34.6. The number of hydrogen-bond acceptors (Lipinski definition) is 5. The van der Waals surface area contributed by atoms with E-state index in [-0.39, 0.29) is 0 Å². The summed E-state index contributed by atoms with van der Waals surface area (Å²) in [4.78, 5) is 2.28. The lowest BCUT2D eigenvalue weighted by Gasteiger charge is -2.25. The third-order valence-electron chi connectivity index (χ3n) is 10.7. The van der Waals surface area contributed by atoms with Gasteiger partial charge in [0.25, 0.3) is 0 Å². The van der Waals surface area contributed by atoms with Crippen molar-refractivity contribution in [2.24, 2.45) is 0 Å². The number of thiophene rings is 1. The molecule has 0 bridgehead atoms. The van der Waals surface area contributed by atoms with Gasteiger partial charge in [-0.25, -0.2) is 0 Å². The van der Waals surface area contributed by atoms with Crippen LogP contribution in [0.1, 0.15) is 0 Å². The minimum Gasteiger partial charge on any atom is -0.456 e. The third kappa shape index (κ3) is 4.23. The molecule has 4 nitrogen and oxygen atoms in total. The number of hydrogen-bond donors (Lipinski definition) is 0. The number of anilines is 3. The van der Waals surface area contributed by atoms with E-state index in [4.69, 9.17) is 13.3 Å². The quantitative estimate of drug-likeness (QED) is 0.184. The first kappa shape index (κ1) is 28.8. The third-order valence-corrected chi connectivity index (χ3v) is 11.9. The molecule has 0 N–H and O–H groups in total.